The van der Waals surface area contributed by atoms with Crippen LogP contribution in [0.5, 0.6) is 5.75 Å². The van der Waals surface area contributed by atoms with Crippen LogP contribution in [-0.4, -0.2) is 43.1 Å². The molecule has 17 heavy (non-hydrogen) atoms. The third kappa shape index (κ3) is 4.44. The first-order valence-corrected chi connectivity index (χ1v) is 5.73. The topological polar surface area (TPSA) is 52.6 Å². The number of benzene rings is 1. The molecule has 0 spiro atoms. The van der Waals surface area contributed by atoms with Gasteiger partial charge >= 0.3 is 0 Å². The van der Waals surface area contributed by atoms with Crippen molar-refractivity contribution in [3.05, 3.63) is 29.3 Å². The molecule has 0 radical (unpaired) electrons. The molecule has 94 valence electrons. The molecule has 1 amide bonds. The van der Waals surface area contributed by atoms with Crippen LogP contribution in [0.4, 0.5) is 0 Å². The van der Waals surface area contributed by atoms with Crippen molar-refractivity contribution in [2.45, 2.75) is 13.3 Å². The summed E-state index contributed by atoms with van der Waals surface area (Å²) in [5.74, 6) is 0.126. The lowest BCUT2D eigenvalue weighted by Crippen LogP contribution is -2.27. The third-order valence-electron chi connectivity index (χ3n) is 2.53. The largest absolute Gasteiger partial charge is 0.508 e. The first-order valence-electron chi connectivity index (χ1n) is 5.73. The summed E-state index contributed by atoms with van der Waals surface area (Å²) in [7, 11) is 4.01. The summed E-state index contributed by atoms with van der Waals surface area (Å²) in [4.78, 5) is 13.8. The Bertz CT molecular complexity index is 389. The number of nitrogens with zero attached hydrogens (tertiary/aromatic N) is 1. The number of phenols is 1. The van der Waals surface area contributed by atoms with E-state index in [1.54, 1.807) is 25.1 Å². The Morgan fingerprint density at radius 2 is 2.12 bits per heavy atom. The predicted molar refractivity (Wildman–Crippen MR) is 68.3 cm³/mol. The maximum absolute atomic E-state index is 11.7. The zero-order valence-corrected chi connectivity index (χ0v) is 10.7. The van der Waals surface area contributed by atoms with E-state index in [1.807, 2.05) is 14.1 Å². The van der Waals surface area contributed by atoms with Crippen molar-refractivity contribution in [2.75, 3.05) is 27.2 Å². The summed E-state index contributed by atoms with van der Waals surface area (Å²) < 4.78 is 0. The third-order valence-corrected chi connectivity index (χ3v) is 2.53. The molecule has 0 saturated heterocycles. The van der Waals surface area contributed by atoms with Crippen LogP contribution in [0.25, 0.3) is 0 Å². The minimum absolute atomic E-state index is 0.0909. The number of carbonyl (C=O) groups is 1. The number of aromatic hydroxyl groups is 1. The lowest BCUT2D eigenvalue weighted by Gasteiger charge is -2.10. The SMILES string of the molecule is Cc1cc(C(=O)NCCCN(C)C)ccc1O. The van der Waals surface area contributed by atoms with Gasteiger partial charge in [0.05, 0.1) is 0 Å². The van der Waals surface area contributed by atoms with Crippen molar-refractivity contribution in [1.29, 1.82) is 0 Å². The first kappa shape index (κ1) is 13.5. The number of hydrogen-bond donors (Lipinski definition) is 2. The van der Waals surface area contributed by atoms with Crippen LogP contribution >= 0.6 is 0 Å². The zero-order valence-electron chi connectivity index (χ0n) is 10.7. The van der Waals surface area contributed by atoms with Crippen LogP contribution in [0.1, 0.15) is 22.3 Å². The summed E-state index contributed by atoms with van der Waals surface area (Å²) in [6.07, 6.45) is 0.926. The van der Waals surface area contributed by atoms with Crippen molar-refractivity contribution >= 4 is 5.91 Å². The van der Waals surface area contributed by atoms with E-state index in [4.69, 9.17) is 0 Å². The first-order chi connectivity index (χ1) is 8.00. The van der Waals surface area contributed by atoms with Crippen molar-refractivity contribution in [3.63, 3.8) is 0 Å². The lowest BCUT2D eigenvalue weighted by atomic mass is 10.1. The molecule has 0 aliphatic carbocycles. The number of amides is 1. The van der Waals surface area contributed by atoms with E-state index in [-0.39, 0.29) is 11.7 Å². The van der Waals surface area contributed by atoms with E-state index >= 15 is 0 Å². The highest BCUT2D eigenvalue weighted by Crippen LogP contribution is 2.16. The summed E-state index contributed by atoms with van der Waals surface area (Å²) in [6.45, 7) is 3.39. The normalized spacial score (nSPS) is 10.6. The van der Waals surface area contributed by atoms with Crippen molar-refractivity contribution < 1.29 is 9.90 Å². The Labute approximate surface area is 102 Å². The predicted octanol–water partition coefficient (Wildman–Crippen LogP) is 1.38. The fourth-order valence-electron chi connectivity index (χ4n) is 1.50. The average molecular weight is 236 g/mol. The monoisotopic (exact) mass is 236 g/mol. The molecule has 0 aliphatic heterocycles. The molecule has 0 aromatic heterocycles. The molecule has 1 aromatic carbocycles. The number of hydrogen-bond acceptors (Lipinski definition) is 3. The van der Waals surface area contributed by atoms with Crippen LogP contribution in [0.3, 0.4) is 0 Å². The highest BCUT2D eigenvalue weighted by atomic mass is 16.3. The summed E-state index contributed by atoms with van der Waals surface area (Å²) >= 11 is 0. The molecule has 0 heterocycles. The van der Waals surface area contributed by atoms with Crippen molar-refractivity contribution in [1.82, 2.24) is 10.2 Å². The van der Waals surface area contributed by atoms with Gasteiger partial charge in [-0.15, -0.1) is 0 Å². The highest BCUT2D eigenvalue weighted by Gasteiger charge is 2.06. The van der Waals surface area contributed by atoms with Crippen LogP contribution < -0.4 is 5.32 Å². The van der Waals surface area contributed by atoms with E-state index < -0.39 is 0 Å². The van der Waals surface area contributed by atoms with Crippen molar-refractivity contribution in [2.24, 2.45) is 0 Å². The van der Waals surface area contributed by atoms with Crippen LogP contribution in [-0.2, 0) is 0 Å². The smallest absolute Gasteiger partial charge is 0.251 e. The molecule has 4 heteroatoms. The maximum atomic E-state index is 11.7. The van der Waals surface area contributed by atoms with Gasteiger partial charge in [0.25, 0.3) is 5.91 Å². The van der Waals surface area contributed by atoms with E-state index in [9.17, 15) is 9.90 Å². The van der Waals surface area contributed by atoms with E-state index in [2.05, 4.69) is 10.2 Å². The average Bonchev–Trinajstić information content (AvgIpc) is 2.27. The fourth-order valence-corrected chi connectivity index (χ4v) is 1.50. The van der Waals surface area contributed by atoms with E-state index in [0.29, 0.717) is 17.7 Å². The Kier molecular flexibility index (Phi) is 4.97. The van der Waals surface area contributed by atoms with Gasteiger partial charge in [0.2, 0.25) is 0 Å². The molecule has 0 atom stereocenters. The Morgan fingerprint density at radius 1 is 1.41 bits per heavy atom. The second-order valence-electron chi connectivity index (χ2n) is 4.41. The molecule has 1 aromatic rings. The molecule has 2 N–H and O–H groups in total. The van der Waals surface area contributed by atoms with Crippen LogP contribution in [0, 0.1) is 6.92 Å². The van der Waals surface area contributed by atoms with Gasteiger partial charge in [0.15, 0.2) is 0 Å². The minimum atomic E-state index is -0.0909. The van der Waals surface area contributed by atoms with Crippen molar-refractivity contribution in [3.8, 4) is 5.75 Å². The summed E-state index contributed by atoms with van der Waals surface area (Å²) in [5, 5.41) is 12.2. The van der Waals surface area contributed by atoms with Gasteiger partial charge in [0.1, 0.15) is 5.75 Å². The standard InChI is InChI=1S/C13H20N2O2/c1-10-9-11(5-6-12(10)16)13(17)14-7-4-8-15(2)3/h5-6,9,16H,4,7-8H2,1-3H3,(H,14,17). The molecule has 0 saturated carbocycles. The zero-order chi connectivity index (χ0) is 12.8. The second-order valence-corrected chi connectivity index (χ2v) is 4.41. The van der Waals surface area contributed by atoms with Gasteiger partial charge in [-0.1, -0.05) is 0 Å². The van der Waals surface area contributed by atoms with Gasteiger partial charge in [-0.2, -0.15) is 0 Å². The maximum Gasteiger partial charge on any atom is 0.251 e. The molecule has 0 unspecified atom stereocenters. The number of carbonyl (C=O) groups excluding carboxylic acids is 1. The summed E-state index contributed by atoms with van der Waals surface area (Å²) in [5.41, 5.74) is 1.30. The molecule has 4 nitrogen and oxygen atoms in total. The van der Waals surface area contributed by atoms with Gasteiger partial charge in [-0.3, -0.25) is 4.79 Å². The molecular weight excluding hydrogens is 216 g/mol. The van der Waals surface area contributed by atoms with Gasteiger partial charge in [-0.05, 0) is 57.7 Å². The highest BCUT2D eigenvalue weighted by molar-refractivity contribution is 5.94. The Balaban J connectivity index is 2.44. The fraction of sp³-hybridized carbons (Fsp3) is 0.462. The lowest BCUT2D eigenvalue weighted by molar-refractivity contribution is 0.0952. The second kappa shape index (κ2) is 6.25. The summed E-state index contributed by atoms with van der Waals surface area (Å²) in [6, 6.07) is 4.87. The number of phenolic OH excluding ortho intramolecular Hbond substituents is 1. The number of rotatable bonds is 5. The molecule has 0 aliphatic rings. The Hall–Kier alpha value is -1.55. The molecular formula is C13H20N2O2. The van der Waals surface area contributed by atoms with Gasteiger partial charge in [0, 0.05) is 12.1 Å². The van der Waals surface area contributed by atoms with Crippen LogP contribution in [0.15, 0.2) is 18.2 Å². The van der Waals surface area contributed by atoms with Crippen LogP contribution in [0.2, 0.25) is 0 Å². The van der Waals surface area contributed by atoms with Gasteiger partial charge in [-0.25, -0.2) is 0 Å². The van der Waals surface area contributed by atoms with Gasteiger partial charge < -0.3 is 15.3 Å². The molecule has 0 fully saturated rings. The molecule has 1 rings (SSSR count). The Morgan fingerprint density at radius 3 is 2.71 bits per heavy atom. The van der Waals surface area contributed by atoms with E-state index in [0.717, 1.165) is 13.0 Å². The van der Waals surface area contributed by atoms with E-state index in [1.165, 1.54) is 0 Å². The molecule has 0 bridgehead atoms. The minimum Gasteiger partial charge on any atom is -0.508 e. The number of nitrogens with one attached hydrogen (secondary N) is 1. The quantitative estimate of drug-likeness (QED) is 0.759. The number of aryl methyl sites for hydroxylation is 1.